The zero-order chi connectivity index (χ0) is 10.0. The molecule has 1 atom stereocenters. The minimum Gasteiger partial charge on any atom is -0.380 e. The summed E-state index contributed by atoms with van der Waals surface area (Å²) < 4.78 is 5.39. The lowest BCUT2D eigenvalue weighted by atomic mass is 9.86. The van der Waals surface area contributed by atoms with Gasteiger partial charge in [-0.15, -0.1) is 0 Å². The zero-order valence-electron chi connectivity index (χ0n) is 8.36. The maximum Gasteiger partial charge on any atom is 0.138 e. The van der Waals surface area contributed by atoms with Crippen molar-refractivity contribution >= 4 is 0 Å². The number of ether oxygens (including phenoxy) is 1. The van der Waals surface area contributed by atoms with E-state index in [0.717, 1.165) is 24.5 Å². The lowest BCUT2D eigenvalue weighted by molar-refractivity contribution is 0.176. The Bertz CT molecular complexity index is 321. The zero-order valence-corrected chi connectivity index (χ0v) is 8.36. The molecule has 2 heterocycles. The molecule has 0 aliphatic carbocycles. The van der Waals surface area contributed by atoms with Crippen LogP contribution < -0.4 is 5.73 Å². The average Bonchev–Trinajstić information content (AvgIpc) is 2.67. The molecule has 1 aliphatic heterocycles. The number of nitrogens with two attached hydrogens (primary N) is 1. The van der Waals surface area contributed by atoms with Gasteiger partial charge in [-0.05, 0) is 19.4 Å². The fourth-order valence-corrected chi connectivity index (χ4v) is 1.74. The molecule has 1 fully saturated rings. The second kappa shape index (κ2) is 3.63. The first-order valence-electron chi connectivity index (χ1n) is 4.85. The van der Waals surface area contributed by atoms with Crippen molar-refractivity contribution in [3.63, 3.8) is 0 Å². The van der Waals surface area contributed by atoms with Crippen LogP contribution in [0.25, 0.3) is 0 Å². The van der Waals surface area contributed by atoms with E-state index in [1.165, 1.54) is 0 Å². The summed E-state index contributed by atoms with van der Waals surface area (Å²) in [4.78, 5) is 8.72. The molecular weight excluding hydrogens is 178 g/mol. The molecule has 0 saturated carbocycles. The first-order valence-corrected chi connectivity index (χ1v) is 4.85. The highest BCUT2D eigenvalue weighted by molar-refractivity contribution is 5.13. The molecule has 1 saturated heterocycles. The van der Waals surface area contributed by atoms with E-state index >= 15 is 0 Å². The number of aromatic nitrogens is 2. The van der Waals surface area contributed by atoms with Gasteiger partial charge in [0.15, 0.2) is 0 Å². The van der Waals surface area contributed by atoms with Crippen LogP contribution in [0.5, 0.6) is 0 Å². The highest BCUT2D eigenvalue weighted by Gasteiger charge is 2.38. The van der Waals surface area contributed by atoms with Gasteiger partial charge in [0.1, 0.15) is 5.82 Å². The Labute approximate surface area is 83.5 Å². The molecule has 0 spiro atoms. The van der Waals surface area contributed by atoms with E-state index in [9.17, 15) is 0 Å². The lowest BCUT2D eigenvalue weighted by Gasteiger charge is -2.23. The highest BCUT2D eigenvalue weighted by Crippen LogP contribution is 2.29. The summed E-state index contributed by atoms with van der Waals surface area (Å²) >= 11 is 0. The van der Waals surface area contributed by atoms with E-state index in [4.69, 9.17) is 10.5 Å². The standard InChI is InChI=1S/C10H15N3O/c1-8-2-4-12-9(13-8)10(6-11)3-5-14-7-10/h2,4H,3,5-7,11H2,1H3. The number of nitrogens with zero attached hydrogens (tertiary/aromatic N) is 2. The van der Waals surface area contributed by atoms with Gasteiger partial charge in [0, 0.05) is 25.0 Å². The van der Waals surface area contributed by atoms with Gasteiger partial charge in [-0.25, -0.2) is 9.97 Å². The van der Waals surface area contributed by atoms with Crippen molar-refractivity contribution in [3.8, 4) is 0 Å². The van der Waals surface area contributed by atoms with Crippen molar-refractivity contribution in [2.45, 2.75) is 18.8 Å². The van der Waals surface area contributed by atoms with E-state index in [1.807, 2.05) is 13.0 Å². The van der Waals surface area contributed by atoms with E-state index in [1.54, 1.807) is 6.20 Å². The Hall–Kier alpha value is -1.00. The quantitative estimate of drug-likeness (QED) is 0.738. The Morgan fingerprint density at radius 1 is 1.64 bits per heavy atom. The molecule has 2 N–H and O–H groups in total. The van der Waals surface area contributed by atoms with Crippen LogP contribution >= 0.6 is 0 Å². The third-order valence-electron chi connectivity index (χ3n) is 2.76. The van der Waals surface area contributed by atoms with Crippen molar-refractivity contribution in [1.82, 2.24) is 9.97 Å². The van der Waals surface area contributed by atoms with E-state index in [-0.39, 0.29) is 5.41 Å². The van der Waals surface area contributed by atoms with Crippen LogP contribution in [0.2, 0.25) is 0 Å². The van der Waals surface area contributed by atoms with Crippen molar-refractivity contribution < 1.29 is 4.74 Å². The molecular formula is C10H15N3O. The fourth-order valence-electron chi connectivity index (χ4n) is 1.74. The van der Waals surface area contributed by atoms with Gasteiger partial charge >= 0.3 is 0 Å². The minimum atomic E-state index is -0.147. The summed E-state index contributed by atoms with van der Waals surface area (Å²) in [7, 11) is 0. The summed E-state index contributed by atoms with van der Waals surface area (Å²) in [6.07, 6.45) is 2.71. The second-order valence-corrected chi connectivity index (χ2v) is 3.81. The normalized spacial score (nSPS) is 26.7. The summed E-state index contributed by atoms with van der Waals surface area (Å²) in [6.45, 7) is 3.92. The van der Waals surface area contributed by atoms with Crippen molar-refractivity contribution in [2.24, 2.45) is 5.73 Å². The molecule has 1 aromatic heterocycles. The number of aryl methyl sites for hydroxylation is 1. The molecule has 2 rings (SSSR count). The first kappa shape index (κ1) is 9.55. The second-order valence-electron chi connectivity index (χ2n) is 3.81. The van der Waals surface area contributed by atoms with Crippen LogP contribution in [0.15, 0.2) is 12.3 Å². The number of hydrogen-bond donors (Lipinski definition) is 1. The Balaban J connectivity index is 2.35. The predicted molar refractivity (Wildman–Crippen MR) is 52.9 cm³/mol. The molecule has 76 valence electrons. The van der Waals surface area contributed by atoms with Crippen LogP contribution in [0.1, 0.15) is 17.9 Å². The monoisotopic (exact) mass is 193 g/mol. The van der Waals surface area contributed by atoms with Gasteiger partial charge in [-0.2, -0.15) is 0 Å². The maximum absolute atomic E-state index is 5.79. The van der Waals surface area contributed by atoms with Crippen LogP contribution in [0.3, 0.4) is 0 Å². The summed E-state index contributed by atoms with van der Waals surface area (Å²) in [5, 5.41) is 0. The molecule has 0 amide bonds. The summed E-state index contributed by atoms with van der Waals surface area (Å²) in [5.41, 5.74) is 6.63. The molecule has 1 aliphatic rings. The smallest absolute Gasteiger partial charge is 0.138 e. The molecule has 4 heteroatoms. The van der Waals surface area contributed by atoms with E-state index in [0.29, 0.717) is 13.2 Å². The van der Waals surface area contributed by atoms with Crippen LogP contribution in [0, 0.1) is 6.92 Å². The van der Waals surface area contributed by atoms with Crippen molar-refractivity contribution in [2.75, 3.05) is 19.8 Å². The fraction of sp³-hybridized carbons (Fsp3) is 0.600. The van der Waals surface area contributed by atoms with Gasteiger partial charge < -0.3 is 10.5 Å². The van der Waals surface area contributed by atoms with E-state index in [2.05, 4.69) is 9.97 Å². The predicted octanol–water partition coefficient (Wildman–Crippen LogP) is 0.402. The Morgan fingerprint density at radius 3 is 3.07 bits per heavy atom. The third kappa shape index (κ3) is 1.51. The van der Waals surface area contributed by atoms with Gasteiger partial charge in [0.25, 0.3) is 0 Å². The topological polar surface area (TPSA) is 61.0 Å². The SMILES string of the molecule is Cc1ccnc(C2(CN)CCOC2)n1. The molecule has 1 unspecified atom stereocenters. The van der Waals surface area contributed by atoms with Gasteiger partial charge in [0.2, 0.25) is 0 Å². The van der Waals surface area contributed by atoms with Crippen molar-refractivity contribution in [1.29, 1.82) is 0 Å². The Kier molecular flexibility index (Phi) is 2.48. The molecule has 0 radical (unpaired) electrons. The Morgan fingerprint density at radius 2 is 2.50 bits per heavy atom. The number of hydrogen-bond acceptors (Lipinski definition) is 4. The highest BCUT2D eigenvalue weighted by atomic mass is 16.5. The van der Waals surface area contributed by atoms with E-state index < -0.39 is 0 Å². The van der Waals surface area contributed by atoms with Gasteiger partial charge in [-0.1, -0.05) is 0 Å². The summed E-state index contributed by atoms with van der Waals surface area (Å²) in [6, 6.07) is 1.89. The third-order valence-corrected chi connectivity index (χ3v) is 2.76. The van der Waals surface area contributed by atoms with Gasteiger partial charge in [-0.3, -0.25) is 0 Å². The molecule has 1 aromatic rings. The van der Waals surface area contributed by atoms with Crippen LogP contribution in [-0.2, 0) is 10.2 Å². The molecule has 4 nitrogen and oxygen atoms in total. The molecule has 14 heavy (non-hydrogen) atoms. The minimum absolute atomic E-state index is 0.147. The largest absolute Gasteiger partial charge is 0.380 e. The average molecular weight is 193 g/mol. The molecule has 0 bridgehead atoms. The maximum atomic E-state index is 5.79. The van der Waals surface area contributed by atoms with Crippen molar-refractivity contribution in [3.05, 3.63) is 23.8 Å². The first-order chi connectivity index (χ1) is 6.77. The van der Waals surface area contributed by atoms with Crippen LogP contribution in [-0.4, -0.2) is 29.7 Å². The van der Waals surface area contributed by atoms with Gasteiger partial charge in [0.05, 0.1) is 12.0 Å². The summed E-state index contributed by atoms with van der Waals surface area (Å²) in [5.74, 6) is 0.831. The number of rotatable bonds is 2. The molecule has 0 aromatic carbocycles. The lowest BCUT2D eigenvalue weighted by Crippen LogP contribution is -2.37. The van der Waals surface area contributed by atoms with Crippen LogP contribution in [0.4, 0.5) is 0 Å².